The first-order chi connectivity index (χ1) is 15.2. The van der Waals surface area contributed by atoms with Crippen LogP contribution in [0, 0.1) is 6.92 Å². The first-order valence-electron chi connectivity index (χ1n) is 12.1. The Kier molecular flexibility index (Phi) is 24.5. The Labute approximate surface area is 201 Å². The lowest BCUT2D eigenvalue weighted by Gasteiger charge is -2.14. The van der Waals surface area contributed by atoms with Gasteiger partial charge in [0.05, 0.1) is 0 Å². The normalized spacial score (nSPS) is 9.31. The number of hydrogen-bond acceptors (Lipinski definition) is 0. The Hall–Kier alpha value is -2.60. The lowest BCUT2D eigenvalue weighted by molar-refractivity contribution is 1.09. The third-order valence-electron chi connectivity index (χ3n) is 3.98. The van der Waals surface area contributed by atoms with E-state index in [1.165, 1.54) is 39.8 Å². The van der Waals surface area contributed by atoms with Crippen LogP contribution in [0.25, 0.3) is 11.1 Å². The van der Waals surface area contributed by atoms with Crippen LogP contribution in [-0.2, 0) is 0 Å². The van der Waals surface area contributed by atoms with Gasteiger partial charge in [0.25, 0.3) is 0 Å². The van der Waals surface area contributed by atoms with Gasteiger partial charge in [-0.05, 0) is 41.7 Å². The van der Waals surface area contributed by atoms with Gasteiger partial charge in [-0.15, -0.1) is 0 Å². The molecule has 0 bridgehead atoms. The average Bonchev–Trinajstić information content (AvgIpc) is 2.86. The van der Waals surface area contributed by atoms with E-state index in [0.29, 0.717) is 0 Å². The lowest BCUT2D eigenvalue weighted by atomic mass is 9.90. The van der Waals surface area contributed by atoms with Gasteiger partial charge >= 0.3 is 0 Å². The van der Waals surface area contributed by atoms with Gasteiger partial charge in [-0.2, -0.15) is 0 Å². The van der Waals surface area contributed by atoms with Crippen molar-refractivity contribution in [2.45, 2.75) is 83.1 Å². The molecule has 0 heterocycles. The number of rotatable bonds is 3. The SMILES string of the molecule is C.C/C(=C(\c1ccccc1)c1ccc(C)cc1)c1ccccc1.CC.CC.CC.CCC. The molecular formula is C32H50. The minimum atomic E-state index is 0. The van der Waals surface area contributed by atoms with Crippen LogP contribution in [0.15, 0.2) is 84.9 Å². The molecule has 0 aliphatic rings. The second-order valence-electron chi connectivity index (χ2n) is 6.31. The Morgan fingerprint density at radius 3 is 1.22 bits per heavy atom. The van der Waals surface area contributed by atoms with E-state index in [-0.39, 0.29) is 7.43 Å². The van der Waals surface area contributed by atoms with Gasteiger partial charge in [0.15, 0.2) is 0 Å². The molecule has 0 unspecified atom stereocenters. The maximum atomic E-state index is 2.21. The Bertz CT molecular complexity index is 778. The van der Waals surface area contributed by atoms with Gasteiger partial charge in [0, 0.05) is 0 Å². The molecule has 0 radical (unpaired) electrons. The van der Waals surface area contributed by atoms with E-state index in [1.807, 2.05) is 41.5 Å². The van der Waals surface area contributed by atoms with Crippen molar-refractivity contribution in [3.63, 3.8) is 0 Å². The van der Waals surface area contributed by atoms with Crippen molar-refractivity contribution in [1.29, 1.82) is 0 Å². The molecule has 0 atom stereocenters. The molecule has 3 rings (SSSR count). The standard InChI is InChI=1S/C22H20.C3H8.3C2H6.CH4/c1-17-13-15-21(16-14-17)22(20-11-7-4-8-12-20)18(2)19-9-5-3-6-10-19;1-3-2;3*1-2;/h3-16H,1-2H3;3H2,1-2H3;3*1-2H3;1H4/b22-18-;;;;;. The molecule has 178 valence electrons. The predicted molar refractivity (Wildman–Crippen MR) is 152 cm³/mol. The average molecular weight is 435 g/mol. The second-order valence-corrected chi connectivity index (χ2v) is 6.31. The summed E-state index contributed by atoms with van der Waals surface area (Å²) < 4.78 is 0. The molecule has 0 spiro atoms. The fourth-order valence-corrected chi connectivity index (χ4v) is 2.76. The van der Waals surface area contributed by atoms with Gasteiger partial charge in [-0.3, -0.25) is 0 Å². The Balaban J connectivity index is -0.000000745. The van der Waals surface area contributed by atoms with Gasteiger partial charge in [-0.25, -0.2) is 0 Å². The van der Waals surface area contributed by atoms with Crippen molar-refractivity contribution in [2.24, 2.45) is 0 Å². The highest BCUT2D eigenvalue weighted by molar-refractivity contribution is 5.97. The van der Waals surface area contributed by atoms with Crippen LogP contribution in [0.5, 0.6) is 0 Å². The molecule has 0 amide bonds. The first-order valence-corrected chi connectivity index (χ1v) is 12.1. The maximum absolute atomic E-state index is 2.21. The summed E-state index contributed by atoms with van der Waals surface area (Å²) in [6, 6.07) is 30.0. The number of hydrogen-bond donors (Lipinski definition) is 0. The molecule has 0 aromatic heterocycles. The highest BCUT2D eigenvalue weighted by atomic mass is 14.1. The molecule has 3 aromatic rings. The summed E-state index contributed by atoms with van der Waals surface area (Å²) in [6.07, 6.45) is 1.25. The van der Waals surface area contributed by atoms with Gasteiger partial charge in [0.2, 0.25) is 0 Å². The number of allylic oxidation sites excluding steroid dienone is 1. The summed E-state index contributed by atoms with van der Waals surface area (Å²) in [7, 11) is 0. The zero-order chi connectivity index (χ0) is 24.1. The van der Waals surface area contributed by atoms with Crippen LogP contribution in [-0.4, -0.2) is 0 Å². The van der Waals surface area contributed by atoms with Gasteiger partial charge < -0.3 is 0 Å². The summed E-state index contributed by atoms with van der Waals surface area (Å²) in [5.74, 6) is 0. The van der Waals surface area contributed by atoms with Crippen LogP contribution in [0.4, 0.5) is 0 Å². The molecule has 0 nitrogen and oxygen atoms in total. The topological polar surface area (TPSA) is 0 Å². The van der Waals surface area contributed by atoms with Crippen molar-refractivity contribution >= 4 is 11.1 Å². The van der Waals surface area contributed by atoms with Crippen molar-refractivity contribution in [3.8, 4) is 0 Å². The van der Waals surface area contributed by atoms with Crippen molar-refractivity contribution in [3.05, 3.63) is 107 Å². The summed E-state index contributed by atoms with van der Waals surface area (Å²) >= 11 is 0. The molecule has 3 aromatic carbocycles. The van der Waals surface area contributed by atoms with Crippen molar-refractivity contribution in [2.75, 3.05) is 0 Å². The Morgan fingerprint density at radius 2 is 0.844 bits per heavy atom. The zero-order valence-electron chi connectivity index (χ0n) is 21.8. The fourth-order valence-electron chi connectivity index (χ4n) is 2.76. The summed E-state index contributed by atoms with van der Waals surface area (Å²) in [5, 5.41) is 0. The van der Waals surface area contributed by atoms with E-state index in [2.05, 4.69) is 113 Å². The molecule has 0 saturated carbocycles. The van der Waals surface area contributed by atoms with Crippen LogP contribution in [0.2, 0.25) is 0 Å². The monoisotopic (exact) mass is 434 g/mol. The molecule has 0 N–H and O–H groups in total. The predicted octanol–water partition coefficient (Wildman–Crippen LogP) is 11.1. The van der Waals surface area contributed by atoms with E-state index in [4.69, 9.17) is 0 Å². The highest BCUT2D eigenvalue weighted by Crippen LogP contribution is 2.32. The number of benzene rings is 3. The van der Waals surface area contributed by atoms with Crippen LogP contribution < -0.4 is 0 Å². The quantitative estimate of drug-likeness (QED) is 0.359. The molecule has 32 heavy (non-hydrogen) atoms. The summed E-state index contributed by atoms with van der Waals surface area (Å²) in [5.41, 5.74) is 7.67. The largest absolute Gasteiger partial charge is 0.0776 e. The van der Waals surface area contributed by atoms with E-state index in [9.17, 15) is 0 Å². The van der Waals surface area contributed by atoms with Gasteiger partial charge in [-0.1, -0.05) is 160 Å². The van der Waals surface area contributed by atoms with Crippen LogP contribution in [0.3, 0.4) is 0 Å². The van der Waals surface area contributed by atoms with Crippen LogP contribution in [0.1, 0.15) is 98.4 Å². The maximum Gasteiger partial charge on any atom is -0.00762 e. The van der Waals surface area contributed by atoms with E-state index in [0.717, 1.165) is 0 Å². The van der Waals surface area contributed by atoms with Crippen LogP contribution >= 0.6 is 0 Å². The van der Waals surface area contributed by atoms with Crippen molar-refractivity contribution < 1.29 is 0 Å². The fraction of sp³-hybridized carbons (Fsp3) is 0.375. The molecule has 0 aliphatic carbocycles. The highest BCUT2D eigenvalue weighted by Gasteiger charge is 2.10. The minimum Gasteiger partial charge on any atom is -0.0776 e. The smallest absolute Gasteiger partial charge is 0.00762 e. The molecule has 0 aliphatic heterocycles. The first kappa shape index (κ1) is 34.0. The Morgan fingerprint density at radius 1 is 0.531 bits per heavy atom. The molecule has 0 heteroatoms. The van der Waals surface area contributed by atoms with E-state index < -0.39 is 0 Å². The lowest BCUT2D eigenvalue weighted by Crippen LogP contribution is -1.93. The summed E-state index contributed by atoms with van der Waals surface area (Å²) in [6.45, 7) is 20.6. The molecule has 0 saturated heterocycles. The minimum absolute atomic E-state index is 0. The third-order valence-corrected chi connectivity index (χ3v) is 3.98. The third kappa shape index (κ3) is 12.3. The van der Waals surface area contributed by atoms with E-state index in [1.54, 1.807) is 0 Å². The van der Waals surface area contributed by atoms with Gasteiger partial charge in [0.1, 0.15) is 0 Å². The molecular weight excluding hydrogens is 384 g/mol. The zero-order valence-corrected chi connectivity index (χ0v) is 21.8. The summed E-state index contributed by atoms with van der Waals surface area (Å²) in [4.78, 5) is 0. The second kappa shape index (κ2) is 23.1. The van der Waals surface area contributed by atoms with E-state index >= 15 is 0 Å². The van der Waals surface area contributed by atoms with Crippen molar-refractivity contribution in [1.82, 2.24) is 0 Å². The molecule has 0 fully saturated rings. The number of aryl methyl sites for hydroxylation is 1.